The third-order valence-corrected chi connectivity index (χ3v) is 4.80. The van der Waals surface area contributed by atoms with E-state index in [4.69, 9.17) is 0 Å². The number of nitrogens with one attached hydrogen (secondary N) is 2. The second kappa shape index (κ2) is 6.60. The molecular weight excluding hydrogens is 308 g/mol. The van der Waals surface area contributed by atoms with Crippen LogP contribution in [0.15, 0.2) is 49.0 Å². The molecule has 3 rings (SSSR count). The Morgan fingerprint density at radius 2 is 1.88 bits per heavy atom. The highest BCUT2D eigenvalue weighted by Crippen LogP contribution is 2.23. The molecule has 1 aromatic heterocycles. The lowest BCUT2D eigenvalue weighted by molar-refractivity contribution is 0.0940. The Labute approximate surface area is 148 Å². The zero-order valence-electron chi connectivity index (χ0n) is 15.2. The van der Waals surface area contributed by atoms with Crippen LogP contribution < -0.4 is 5.32 Å². The molecule has 0 radical (unpaired) electrons. The highest BCUT2D eigenvalue weighted by Gasteiger charge is 2.14. The van der Waals surface area contributed by atoms with Gasteiger partial charge in [-0.15, -0.1) is 0 Å². The van der Waals surface area contributed by atoms with Gasteiger partial charge in [0.05, 0.1) is 6.04 Å². The maximum absolute atomic E-state index is 12.7. The number of rotatable bonds is 4. The van der Waals surface area contributed by atoms with Gasteiger partial charge in [0.15, 0.2) is 0 Å². The standard InChI is InChI=1S/C22H24N2O/c1-13(2)17-7-6-8-18(11-17)16(5)24-22(25)19-9-10-21-20(12-19)14(3)15(4)23-21/h6-12,16,23H,1H2,2-5H3,(H,24,25)/t16-/m0/s1. The molecule has 3 aromatic rings. The third-order valence-electron chi connectivity index (χ3n) is 4.80. The van der Waals surface area contributed by atoms with Gasteiger partial charge in [-0.1, -0.05) is 30.4 Å². The van der Waals surface area contributed by atoms with Crippen molar-refractivity contribution in [2.75, 3.05) is 0 Å². The van der Waals surface area contributed by atoms with Gasteiger partial charge < -0.3 is 10.3 Å². The number of amides is 1. The van der Waals surface area contributed by atoms with Crippen LogP contribution in [0.4, 0.5) is 0 Å². The van der Waals surface area contributed by atoms with E-state index in [1.807, 2.05) is 57.2 Å². The Bertz CT molecular complexity index is 965. The first-order valence-corrected chi connectivity index (χ1v) is 8.52. The molecule has 0 fully saturated rings. The molecule has 2 aromatic carbocycles. The molecule has 0 saturated heterocycles. The van der Waals surface area contributed by atoms with E-state index in [9.17, 15) is 4.79 Å². The second-order valence-corrected chi connectivity index (χ2v) is 6.74. The largest absolute Gasteiger partial charge is 0.358 e. The lowest BCUT2D eigenvalue weighted by atomic mass is 10.0. The van der Waals surface area contributed by atoms with Crippen molar-refractivity contribution in [3.63, 3.8) is 0 Å². The molecule has 0 saturated carbocycles. The fraction of sp³-hybridized carbons (Fsp3) is 0.227. The topological polar surface area (TPSA) is 44.9 Å². The van der Waals surface area contributed by atoms with Gasteiger partial charge in [-0.25, -0.2) is 0 Å². The van der Waals surface area contributed by atoms with Crippen LogP contribution in [-0.2, 0) is 0 Å². The summed E-state index contributed by atoms with van der Waals surface area (Å²) in [7, 11) is 0. The molecule has 0 aliphatic carbocycles. The summed E-state index contributed by atoms with van der Waals surface area (Å²) < 4.78 is 0. The predicted molar refractivity (Wildman–Crippen MR) is 105 cm³/mol. The Morgan fingerprint density at radius 1 is 1.12 bits per heavy atom. The number of aryl methyl sites for hydroxylation is 2. The quantitative estimate of drug-likeness (QED) is 0.668. The first-order valence-electron chi connectivity index (χ1n) is 8.52. The Balaban J connectivity index is 1.83. The van der Waals surface area contributed by atoms with Gasteiger partial charge in [-0.2, -0.15) is 0 Å². The van der Waals surface area contributed by atoms with Crippen molar-refractivity contribution in [2.24, 2.45) is 0 Å². The fourth-order valence-electron chi connectivity index (χ4n) is 3.04. The lowest BCUT2D eigenvalue weighted by Crippen LogP contribution is -2.26. The van der Waals surface area contributed by atoms with Crippen LogP contribution in [0.2, 0.25) is 0 Å². The van der Waals surface area contributed by atoms with Crippen LogP contribution in [0, 0.1) is 13.8 Å². The summed E-state index contributed by atoms with van der Waals surface area (Å²) in [6.45, 7) is 12.1. The SMILES string of the molecule is C=C(C)c1cccc([C@H](C)NC(=O)c2ccc3[nH]c(C)c(C)c3c2)c1. The molecule has 0 aliphatic heterocycles. The number of carbonyl (C=O) groups excluding carboxylic acids is 1. The molecule has 0 bridgehead atoms. The first kappa shape index (κ1) is 17.0. The molecule has 0 aliphatic rings. The van der Waals surface area contributed by atoms with E-state index in [-0.39, 0.29) is 11.9 Å². The summed E-state index contributed by atoms with van der Waals surface area (Å²) in [5.74, 6) is -0.0617. The maximum Gasteiger partial charge on any atom is 0.251 e. The number of hydrogen-bond donors (Lipinski definition) is 2. The third kappa shape index (κ3) is 3.36. The molecule has 1 atom stereocenters. The summed E-state index contributed by atoms with van der Waals surface area (Å²) in [6.07, 6.45) is 0. The minimum Gasteiger partial charge on any atom is -0.358 e. The molecule has 0 spiro atoms. The minimum absolute atomic E-state index is 0.0617. The number of aromatic amines is 1. The summed E-state index contributed by atoms with van der Waals surface area (Å²) in [6, 6.07) is 13.9. The smallest absolute Gasteiger partial charge is 0.251 e. The minimum atomic E-state index is -0.0726. The van der Waals surface area contributed by atoms with Crippen LogP contribution in [0.3, 0.4) is 0 Å². The van der Waals surface area contributed by atoms with Crippen LogP contribution in [0.25, 0.3) is 16.5 Å². The van der Waals surface area contributed by atoms with Crippen molar-refractivity contribution in [1.82, 2.24) is 10.3 Å². The van der Waals surface area contributed by atoms with Crippen molar-refractivity contribution in [1.29, 1.82) is 0 Å². The average molecular weight is 332 g/mol. The van der Waals surface area contributed by atoms with E-state index < -0.39 is 0 Å². The summed E-state index contributed by atoms with van der Waals surface area (Å²) in [5.41, 5.74) is 7.25. The van der Waals surface area contributed by atoms with Gasteiger partial charge in [-0.3, -0.25) is 4.79 Å². The number of benzene rings is 2. The number of fused-ring (bicyclic) bond motifs is 1. The number of aromatic nitrogens is 1. The Kier molecular flexibility index (Phi) is 4.49. The summed E-state index contributed by atoms with van der Waals surface area (Å²) >= 11 is 0. The molecule has 1 amide bonds. The average Bonchev–Trinajstić information content (AvgIpc) is 2.88. The van der Waals surface area contributed by atoms with Gasteiger partial charge >= 0.3 is 0 Å². The van der Waals surface area contributed by atoms with E-state index >= 15 is 0 Å². The molecular formula is C22H24N2O. The molecule has 3 heteroatoms. The van der Waals surface area contributed by atoms with Crippen molar-refractivity contribution in [2.45, 2.75) is 33.7 Å². The van der Waals surface area contributed by atoms with Crippen molar-refractivity contribution < 1.29 is 4.79 Å². The lowest BCUT2D eigenvalue weighted by Gasteiger charge is -2.15. The Hall–Kier alpha value is -2.81. The fourth-order valence-corrected chi connectivity index (χ4v) is 3.04. The van der Waals surface area contributed by atoms with Crippen molar-refractivity contribution in [3.8, 4) is 0 Å². The van der Waals surface area contributed by atoms with Crippen LogP contribution in [-0.4, -0.2) is 10.9 Å². The zero-order chi connectivity index (χ0) is 18.1. The highest BCUT2D eigenvalue weighted by atomic mass is 16.1. The van der Waals surface area contributed by atoms with Crippen molar-refractivity contribution in [3.05, 3.63) is 77.0 Å². The monoisotopic (exact) mass is 332 g/mol. The van der Waals surface area contributed by atoms with Crippen LogP contribution >= 0.6 is 0 Å². The number of H-pyrrole nitrogens is 1. The van der Waals surface area contributed by atoms with Gasteiger partial charge in [0.2, 0.25) is 0 Å². The Morgan fingerprint density at radius 3 is 2.60 bits per heavy atom. The van der Waals surface area contributed by atoms with Crippen LogP contribution in [0.1, 0.15) is 52.6 Å². The predicted octanol–water partition coefficient (Wildman–Crippen LogP) is 5.31. The number of hydrogen-bond acceptors (Lipinski definition) is 1. The number of carbonyl (C=O) groups is 1. The molecule has 2 N–H and O–H groups in total. The second-order valence-electron chi connectivity index (χ2n) is 6.74. The molecule has 0 unspecified atom stereocenters. The normalized spacial score (nSPS) is 12.2. The van der Waals surface area contributed by atoms with Gasteiger partial charge in [0.1, 0.15) is 0 Å². The van der Waals surface area contributed by atoms with E-state index in [2.05, 4.69) is 29.9 Å². The zero-order valence-corrected chi connectivity index (χ0v) is 15.2. The van der Waals surface area contributed by atoms with Gasteiger partial charge in [-0.05, 0) is 68.7 Å². The first-order chi connectivity index (χ1) is 11.9. The summed E-state index contributed by atoms with van der Waals surface area (Å²) in [5, 5.41) is 4.19. The molecule has 3 nitrogen and oxygen atoms in total. The number of allylic oxidation sites excluding steroid dienone is 1. The van der Waals surface area contributed by atoms with E-state index in [0.717, 1.165) is 33.3 Å². The summed E-state index contributed by atoms with van der Waals surface area (Å²) in [4.78, 5) is 16.0. The molecule has 128 valence electrons. The van der Waals surface area contributed by atoms with E-state index in [1.165, 1.54) is 5.56 Å². The highest BCUT2D eigenvalue weighted by molar-refractivity contribution is 5.99. The molecule has 1 heterocycles. The molecule has 25 heavy (non-hydrogen) atoms. The maximum atomic E-state index is 12.7. The van der Waals surface area contributed by atoms with E-state index in [0.29, 0.717) is 5.56 Å². The van der Waals surface area contributed by atoms with Gasteiger partial charge in [0, 0.05) is 22.2 Å². The van der Waals surface area contributed by atoms with Crippen molar-refractivity contribution >= 4 is 22.4 Å². The van der Waals surface area contributed by atoms with E-state index in [1.54, 1.807) is 0 Å². The van der Waals surface area contributed by atoms with Crippen LogP contribution in [0.5, 0.6) is 0 Å². The van der Waals surface area contributed by atoms with Gasteiger partial charge in [0.25, 0.3) is 5.91 Å².